The molecule has 0 aliphatic heterocycles. The molecule has 3 nitrogen and oxygen atoms in total. The molecule has 0 amide bonds. The first-order valence-corrected chi connectivity index (χ1v) is 5.92. The fraction of sp³-hybridized carbons (Fsp3) is 0.154. The average molecular weight is 295 g/mol. The third-order valence-electron chi connectivity index (χ3n) is 2.28. The summed E-state index contributed by atoms with van der Waals surface area (Å²) in [5, 5.41) is 0. The molecule has 0 bridgehead atoms. The molecule has 0 fully saturated rings. The third kappa shape index (κ3) is 2.97. The van der Waals surface area contributed by atoms with Crippen molar-refractivity contribution in [1.82, 2.24) is 0 Å². The second kappa shape index (κ2) is 5.19. The predicted octanol–water partition coefficient (Wildman–Crippen LogP) is 3.82. The molecule has 2 rings (SSSR count). The molecule has 0 aliphatic rings. The molecule has 4 heteroatoms. The van der Waals surface area contributed by atoms with Crippen molar-refractivity contribution in [1.29, 1.82) is 0 Å². The van der Waals surface area contributed by atoms with E-state index in [2.05, 4.69) is 15.9 Å². The minimum atomic E-state index is 0.0226. The Morgan fingerprint density at radius 3 is 2.82 bits per heavy atom. The van der Waals surface area contributed by atoms with Crippen LogP contribution >= 0.6 is 15.9 Å². The lowest BCUT2D eigenvalue weighted by Gasteiger charge is -2.06. The summed E-state index contributed by atoms with van der Waals surface area (Å²) in [4.78, 5) is 11.2. The van der Waals surface area contributed by atoms with Gasteiger partial charge < -0.3 is 9.15 Å². The van der Waals surface area contributed by atoms with Crippen molar-refractivity contribution in [3.05, 3.63) is 52.4 Å². The SMILES string of the molecule is CC(=O)c1ccc(OCc2ccco2)cc1Br. The number of hydrogen-bond donors (Lipinski definition) is 0. The van der Waals surface area contributed by atoms with E-state index in [-0.39, 0.29) is 5.78 Å². The Labute approximate surface area is 108 Å². The first-order valence-electron chi connectivity index (χ1n) is 5.12. The highest BCUT2D eigenvalue weighted by Crippen LogP contribution is 2.24. The van der Waals surface area contributed by atoms with Crippen molar-refractivity contribution < 1.29 is 13.9 Å². The monoisotopic (exact) mass is 294 g/mol. The number of halogens is 1. The van der Waals surface area contributed by atoms with Gasteiger partial charge in [-0.05, 0) is 53.2 Å². The van der Waals surface area contributed by atoms with Gasteiger partial charge in [0, 0.05) is 10.0 Å². The number of benzene rings is 1. The number of Topliss-reactive ketones (excluding diaryl/α,β-unsaturated/α-hetero) is 1. The van der Waals surface area contributed by atoms with Crippen molar-refractivity contribution in [2.45, 2.75) is 13.5 Å². The van der Waals surface area contributed by atoms with Gasteiger partial charge in [-0.1, -0.05) is 0 Å². The van der Waals surface area contributed by atoms with Gasteiger partial charge in [-0.15, -0.1) is 0 Å². The quantitative estimate of drug-likeness (QED) is 0.805. The first-order chi connectivity index (χ1) is 8.16. The minimum Gasteiger partial charge on any atom is -0.486 e. The largest absolute Gasteiger partial charge is 0.486 e. The number of furan rings is 1. The van der Waals surface area contributed by atoms with Crippen LogP contribution in [-0.4, -0.2) is 5.78 Å². The predicted molar refractivity (Wildman–Crippen MR) is 67.2 cm³/mol. The molecule has 1 aromatic heterocycles. The van der Waals surface area contributed by atoms with Crippen molar-refractivity contribution in [2.75, 3.05) is 0 Å². The van der Waals surface area contributed by atoms with Crippen LogP contribution < -0.4 is 4.74 Å². The molecule has 88 valence electrons. The van der Waals surface area contributed by atoms with E-state index in [0.29, 0.717) is 17.9 Å². The van der Waals surface area contributed by atoms with Gasteiger partial charge >= 0.3 is 0 Å². The summed E-state index contributed by atoms with van der Waals surface area (Å²) < 4.78 is 11.4. The van der Waals surface area contributed by atoms with E-state index in [4.69, 9.17) is 9.15 Å². The Kier molecular flexibility index (Phi) is 3.64. The van der Waals surface area contributed by atoms with Gasteiger partial charge in [0.15, 0.2) is 5.78 Å². The maximum atomic E-state index is 11.2. The fourth-order valence-electron chi connectivity index (χ4n) is 1.42. The van der Waals surface area contributed by atoms with Gasteiger partial charge in [-0.2, -0.15) is 0 Å². The Balaban J connectivity index is 2.07. The molecular formula is C13H11BrO3. The van der Waals surface area contributed by atoms with Crippen LogP contribution in [0.15, 0.2) is 45.5 Å². The summed E-state index contributed by atoms with van der Waals surface area (Å²) in [6, 6.07) is 8.94. The van der Waals surface area contributed by atoms with Crippen molar-refractivity contribution in [2.24, 2.45) is 0 Å². The molecule has 17 heavy (non-hydrogen) atoms. The zero-order chi connectivity index (χ0) is 12.3. The summed E-state index contributed by atoms with van der Waals surface area (Å²) in [7, 11) is 0. The minimum absolute atomic E-state index is 0.0226. The van der Waals surface area contributed by atoms with E-state index in [1.54, 1.807) is 24.5 Å². The van der Waals surface area contributed by atoms with Crippen molar-refractivity contribution in [3.8, 4) is 5.75 Å². The molecular weight excluding hydrogens is 284 g/mol. The fourth-order valence-corrected chi connectivity index (χ4v) is 2.06. The van der Waals surface area contributed by atoms with Crippen LogP contribution in [0.25, 0.3) is 0 Å². The van der Waals surface area contributed by atoms with Crippen LogP contribution in [0.4, 0.5) is 0 Å². The number of ether oxygens (including phenoxy) is 1. The Morgan fingerprint density at radius 1 is 1.41 bits per heavy atom. The van der Waals surface area contributed by atoms with Crippen LogP contribution in [0.2, 0.25) is 0 Å². The molecule has 0 spiro atoms. The molecule has 0 atom stereocenters. The van der Waals surface area contributed by atoms with E-state index in [1.165, 1.54) is 6.92 Å². The highest BCUT2D eigenvalue weighted by Gasteiger charge is 2.06. The molecule has 0 saturated heterocycles. The molecule has 1 aromatic carbocycles. The number of ketones is 1. The van der Waals surface area contributed by atoms with Crippen molar-refractivity contribution in [3.63, 3.8) is 0 Å². The van der Waals surface area contributed by atoms with Crippen molar-refractivity contribution >= 4 is 21.7 Å². The normalized spacial score (nSPS) is 10.2. The Hall–Kier alpha value is -1.55. The number of hydrogen-bond acceptors (Lipinski definition) is 3. The summed E-state index contributed by atoms with van der Waals surface area (Å²) in [6.07, 6.45) is 1.60. The number of carbonyl (C=O) groups is 1. The zero-order valence-electron chi connectivity index (χ0n) is 9.27. The van der Waals surface area contributed by atoms with E-state index in [1.807, 2.05) is 12.1 Å². The summed E-state index contributed by atoms with van der Waals surface area (Å²) in [6.45, 7) is 1.91. The van der Waals surface area contributed by atoms with Crippen LogP contribution in [0.3, 0.4) is 0 Å². The summed E-state index contributed by atoms with van der Waals surface area (Å²) >= 11 is 3.34. The zero-order valence-corrected chi connectivity index (χ0v) is 10.9. The van der Waals surface area contributed by atoms with E-state index < -0.39 is 0 Å². The van der Waals surface area contributed by atoms with Gasteiger partial charge in [0.25, 0.3) is 0 Å². The van der Waals surface area contributed by atoms with Crippen LogP contribution in [0, 0.1) is 0 Å². The van der Waals surface area contributed by atoms with Crippen LogP contribution in [-0.2, 0) is 6.61 Å². The molecule has 0 saturated carbocycles. The lowest BCUT2D eigenvalue weighted by atomic mass is 10.1. The lowest BCUT2D eigenvalue weighted by Crippen LogP contribution is -1.97. The van der Waals surface area contributed by atoms with E-state index in [9.17, 15) is 4.79 Å². The molecule has 0 unspecified atom stereocenters. The third-order valence-corrected chi connectivity index (χ3v) is 2.94. The molecule has 0 radical (unpaired) electrons. The lowest BCUT2D eigenvalue weighted by molar-refractivity contribution is 0.101. The number of carbonyl (C=O) groups excluding carboxylic acids is 1. The second-order valence-electron chi connectivity index (χ2n) is 3.57. The van der Waals surface area contributed by atoms with Crippen LogP contribution in [0.1, 0.15) is 23.0 Å². The molecule has 0 aliphatic carbocycles. The van der Waals surface area contributed by atoms with E-state index in [0.717, 1.165) is 10.2 Å². The standard InChI is InChI=1S/C13H11BrO3/c1-9(15)12-5-4-10(7-13(12)14)17-8-11-3-2-6-16-11/h2-7H,8H2,1H3. The topological polar surface area (TPSA) is 39.4 Å². The van der Waals surface area contributed by atoms with Gasteiger partial charge in [0.1, 0.15) is 18.1 Å². The Morgan fingerprint density at radius 2 is 2.24 bits per heavy atom. The molecule has 0 N–H and O–H groups in total. The average Bonchev–Trinajstić information content (AvgIpc) is 2.78. The molecule has 1 heterocycles. The number of rotatable bonds is 4. The maximum Gasteiger partial charge on any atom is 0.160 e. The van der Waals surface area contributed by atoms with Gasteiger partial charge in [-0.3, -0.25) is 4.79 Å². The van der Waals surface area contributed by atoms with E-state index >= 15 is 0 Å². The highest BCUT2D eigenvalue weighted by atomic mass is 79.9. The maximum absolute atomic E-state index is 11.2. The Bertz CT molecular complexity index is 517. The van der Waals surface area contributed by atoms with Gasteiger partial charge in [0.05, 0.1) is 6.26 Å². The van der Waals surface area contributed by atoms with Crippen LogP contribution in [0.5, 0.6) is 5.75 Å². The van der Waals surface area contributed by atoms with Gasteiger partial charge in [-0.25, -0.2) is 0 Å². The smallest absolute Gasteiger partial charge is 0.160 e. The van der Waals surface area contributed by atoms with Gasteiger partial charge in [0.2, 0.25) is 0 Å². The molecule has 2 aromatic rings. The second-order valence-corrected chi connectivity index (χ2v) is 4.42. The summed E-state index contributed by atoms with van der Waals surface area (Å²) in [5.41, 5.74) is 0.648. The summed E-state index contributed by atoms with van der Waals surface area (Å²) in [5.74, 6) is 1.48. The first kappa shape index (κ1) is 11.9. The highest BCUT2D eigenvalue weighted by molar-refractivity contribution is 9.10.